The second-order valence-corrected chi connectivity index (χ2v) is 2.95. The van der Waals surface area contributed by atoms with Crippen LogP contribution in [0.25, 0.3) is 0 Å². The predicted octanol–water partition coefficient (Wildman–Crippen LogP) is 0.966. The minimum Gasteiger partial charge on any atom is -0.312 e. The van der Waals surface area contributed by atoms with Crippen molar-refractivity contribution in [3.63, 3.8) is 0 Å². The molecule has 0 atom stereocenters. The first-order valence-electron chi connectivity index (χ1n) is 3.33. The SMILES string of the molecule is CN(C)C.O=C(Cl)c1cn[nH]c1. The maximum Gasteiger partial charge on any atom is 0.255 e. The normalized spacial score (nSPS) is 9.08. The van der Waals surface area contributed by atoms with Crippen molar-refractivity contribution in [1.82, 2.24) is 15.1 Å². The van der Waals surface area contributed by atoms with Crippen LogP contribution in [0.2, 0.25) is 0 Å². The molecule has 12 heavy (non-hydrogen) atoms. The van der Waals surface area contributed by atoms with Gasteiger partial charge in [0.1, 0.15) is 0 Å². The van der Waals surface area contributed by atoms with Crippen LogP contribution in [0.4, 0.5) is 0 Å². The first-order chi connectivity index (χ1) is 5.54. The standard InChI is InChI=1S/C4H3ClN2O.C3H9N/c5-4(8)3-1-6-7-2-3;1-4(2)3/h1-2H,(H,6,7);1-3H3. The summed E-state index contributed by atoms with van der Waals surface area (Å²) >= 11 is 5.05. The summed E-state index contributed by atoms with van der Waals surface area (Å²) in [6.45, 7) is 0. The van der Waals surface area contributed by atoms with Crippen LogP contribution < -0.4 is 0 Å². The summed E-state index contributed by atoms with van der Waals surface area (Å²) in [5.41, 5.74) is 0.395. The van der Waals surface area contributed by atoms with E-state index in [0.29, 0.717) is 5.56 Å². The molecule has 4 nitrogen and oxygen atoms in total. The number of halogens is 1. The van der Waals surface area contributed by atoms with Crippen molar-refractivity contribution in [2.75, 3.05) is 21.1 Å². The van der Waals surface area contributed by atoms with Gasteiger partial charge in [0.25, 0.3) is 5.24 Å². The Bertz CT molecular complexity index is 218. The maximum atomic E-state index is 10.2. The van der Waals surface area contributed by atoms with Gasteiger partial charge in [0.2, 0.25) is 0 Å². The Morgan fingerprint density at radius 1 is 1.58 bits per heavy atom. The van der Waals surface area contributed by atoms with Crippen LogP contribution in [0.15, 0.2) is 12.4 Å². The van der Waals surface area contributed by atoms with Crippen molar-refractivity contribution in [3.8, 4) is 0 Å². The fraction of sp³-hybridized carbons (Fsp3) is 0.429. The topological polar surface area (TPSA) is 49.0 Å². The third kappa shape index (κ3) is 5.88. The summed E-state index contributed by atoms with van der Waals surface area (Å²) in [5, 5.41) is 5.48. The summed E-state index contributed by atoms with van der Waals surface area (Å²) in [7, 11) is 6.00. The molecule has 0 aliphatic heterocycles. The molecule has 1 N–H and O–H groups in total. The molecular formula is C7H12ClN3O. The lowest BCUT2D eigenvalue weighted by atomic mass is 10.4. The lowest BCUT2D eigenvalue weighted by Crippen LogP contribution is -1.99. The van der Waals surface area contributed by atoms with Crippen LogP contribution >= 0.6 is 11.6 Å². The number of nitrogens with one attached hydrogen (secondary N) is 1. The van der Waals surface area contributed by atoms with Crippen LogP contribution in [0.1, 0.15) is 10.4 Å². The Balaban J connectivity index is 0.000000261. The highest BCUT2D eigenvalue weighted by Crippen LogP contribution is 1.97. The third-order valence-corrected chi connectivity index (χ3v) is 0.943. The number of aromatic nitrogens is 2. The van der Waals surface area contributed by atoms with Gasteiger partial charge in [-0.3, -0.25) is 9.89 Å². The Hall–Kier alpha value is -0.870. The predicted molar refractivity (Wildman–Crippen MR) is 48.4 cm³/mol. The Morgan fingerprint density at radius 3 is 2.25 bits per heavy atom. The minimum atomic E-state index is -0.487. The molecule has 0 fully saturated rings. The van der Waals surface area contributed by atoms with E-state index in [1.54, 1.807) is 0 Å². The number of rotatable bonds is 1. The van der Waals surface area contributed by atoms with Gasteiger partial charge >= 0.3 is 0 Å². The zero-order chi connectivity index (χ0) is 9.56. The highest BCUT2D eigenvalue weighted by atomic mass is 35.5. The monoisotopic (exact) mass is 189 g/mol. The molecule has 1 aromatic rings. The third-order valence-electron chi connectivity index (χ3n) is 0.725. The smallest absolute Gasteiger partial charge is 0.255 e. The van der Waals surface area contributed by atoms with E-state index < -0.39 is 5.24 Å². The van der Waals surface area contributed by atoms with Gasteiger partial charge in [-0.05, 0) is 32.7 Å². The van der Waals surface area contributed by atoms with Crippen LogP contribution in [0, 0.1) is 0 Å². The largest absolute Gasteiger partial charge is 0.312 e. The molecular weight excluding hydrogens is 178 g/mol. The van der Waals surface area contributed by atoms with Gasteiger partial charge in [-0.2, -0.15) is 5.10 Å². The second-order valence-electron chi connectivity index (χ2n) is 2.60. The highest BCUT2D eigenvalue weighted by Gasteiger charge is 1.98. The number of carbonyl (C=O) groups is 1. The van der Waals surface area contributed by atoms with Gasteiger partial charge < -0.3 is 4.90 Å². The van der Waals surface area contributed by atoms with E-state index in [4.69, 9.17) is 11.6 Å². The summed E-state index contributed by atoms with van der Waals surface area (Å²) in [4.78, 5) is 12.2. The first kappa shape index (κ1) is 11.1. The Morgan fingerprint density at radius 2 is 2.08 bits per heavy atom. The molecule has 0 spiro atoms. The molecule has 0 unspecified atom stereocenters. The molecule has 0 aliphatic rings. The molecule has 1 aromatic heterocycles. The molecule has 0 radical (unpaired) electrons. The number of carbonyl (C=O) groups excluding carboxylic acids is 1. The molecule has 0 saturated heterocycles. The summed E-state index contributed by atoms with van der Waals surface area (Å²) < 4.78 is 0. The zero-order valence-electron chi connectivity index (χ0n) is 7.34. The number of aromatic amines is 1. The Kier molecular flexibility index (Phi) is 5.32. The molecule has 0 aliphatic carbocycles. The number of hydrogen-bond donors (Lipinski definition) is 1. The van der Waals surface area contributed by atoms with Crippen molar-refractivity contribution in [3.05, 3.63) is 18.0 Å². The highest BCUT2D eigenvalue weighted by molar-refractivity contribution is 6.67. The van der Waals surface area contributed by atoms with E-state index in [2.05, 4.69) is 10.2 Å². The average Bonchev–Trinajstić information content (AvgIpc) is 2.34. The van der Waals surface area contributed by atoms with E-state index >= 15 is 0 Å². The molecule has 1 heterocycles. The summed E-state index contributed by atoms with van der Waals surface area (Å²) in [6.07, 6.45) is 2.81. The zero-order valence-corrected chi connectivity index (χ0v) is 8.09. The number of H-pyrrole nitrogens is 1. The van der Waals surface area contributed by atoms with Gasteiger partial charge in [-0.15, -0.1) is 0 Å². The van der Waals surface area contributed by atoms with E-state index in [0.717, 1.165) is 0 Å². The van der Waals surface area contributed by atoms with Gasteiger partial charge in [-0.25, -0.2) is 0 Å². The summed E-state index contributed by atoms with van der Waals surface area (Å²) in [5.74, 6) is 0. The van der Waals surface area contributed by atoms with Crippen molar-refractivity contribution in [2.24, 2.45) is 0 Å². The number of nitrogens with zero attached hydrogens (tertiary/aromatic N) is 2. The van der Waals surface area contributed by atoms with Gasteiger partial charge in [0, 0.05) is 6.20 Å². The average molecular weight is 190 g/mol. The molecule has 0 bridgehead atoms. The van der Waals surface area contributed by atoms with Crippen LogP contribution in [-0.2, 0) is 0 Å². The number of hydrogen-bond acceptors (Lipinski definition) is 3. The van der Waals surface area contributed by atoms with E-state index in [1.807, 2.05) is 26.0 Å². The minimum absolute atomic E-state index is 0.395. The van der Waals surface area contributed by atoms with Gasteiger partial charge in [0.05, 0.1) is 11.8 Å². The fourth-order valence-electron chi connectivity index (χ4n) is 0.358. The van der Waals surface area contributed by atoms with Crippen molar-refractivity contribution in [2.45, 2.75) is 0 Å². The maximum absolute atomic E-state index is 10.2. The first-order valence-corrected chi connectivity index (χ1v) is 3.71. The summed E-state index contributed by atoms with van der Waals surface area (Å²) in [6, 6.07) is 0. The molecule has 0 aromatic carbocycles. The van der Waals surface area contributed by atoms with E-state index in [-0.39, 0.29) is 0 Å². The second kappa shape index (κ2) is 5.74. The van der Waals surface area contributed by atoms with Crippen molar-refractivity contribution < 1.29 is 4.79 Å². The molecule has 0 amide bonds. The van der Waals surface area contributed by atoms with Crippen molar-refractivity contribution in [1.29, 1.82) is 0 Å². The van der Waals surface area contributed by atoms with Crippen LogP contribution in [0.3, 0.4) is 0 Å². The molecule has 0 saturated carbocycles. The van der Waals surface area contributed by atoms with E-state index in [1.165, 1.54) is 12.4 Å². The fourth-order valence-corrected chi connectivity index (χ4v) is 0.462. The lowest BCUT2D eigenvalue weighted by molar-refractivity contribution is 0.108. The molecule has 1 rings (SSSR count). The van der Waals surface area contributed by atoms with Gasteiger partial charge in [-0.1, -0.05) is 0 Å². The molecule has 5 heteroatoms. The van der Waals surface area contributed by atoms with Crippen LogP contribution in [-0.4, -0.2) is 41.5 Å². The van der Waals surface area contributed by atoms with Gasteiger partial charge in [0.15, 0.2) is 0 Å². The lowest BCUT2D eigenvalue weighted by Gasteiger charge is -1.90. The van der Waals surface area contributed by atoms with E-state index in [9.17, 15) is 4.79 Å². The molecule has 68 valence electrons. The quantitative estimate of drug-likeness (QED) is 0.670. The van der Waals surface area contributed by atoms with Crippen molar-refractivity contribution >= 4 is 16.8 Å². The van der Waals surface area contributed by atoms with Crippen LogP contribution in [0.5, 0.6) is 0 Å². The Labute approximate surface area is 76.5 Å².